The molecular weight excluding hydrogens is 497 g/mol. The van der Waals surface area contributed by atoms with E-state index in [9.17, 15) is 28.0 Å². The Morgan fingerprint density at radius 1 is 1.24 bits per heavy atom. The number of ether oxygens (including phenoxy) is 1. The quantitative estimate of drug-likeness (QED) is 0.445. The minimum atomic E-state index is -3.03. The number of carbonyl (C=O) groups excluding carboxylic acids is 4. The van der Waals surface area contributed by atoms with Gasteiger partial charge in [-0.15, -0.1) is 0 Å². The van der Waals surface area contributed by atoms with Gasteiger partial charge < -0.3 is 19.1 Å². The number of aromatic nitrogens is 1. The summed E-state index contributed by atoms with van der Waals surface area (Å²) in [6.07, 6.45) is -2.31. The minimum Gasteiger partial charge on any atom is -0.372 e. The van der Waals surface area contributed by atoms with Crippen LogP contribution in [0.1, 0.15) is 42.7 Å². The highest BCUT2D eigenvalue weighted by atomic mass is 19.3. The van der Waals surface area contributed by atoms with Gasteiger partial charge in [0.2, 0.25) is 17.4 Å². The van der Waals surface area contributed by atoms with Gasteiger partial charge in [0.15, 0.2) is 17.3 Å². The number of fused-ring (bicyclic) bond motifs is 5. The molecule has 1 unspecified atom stereocenters. The van der Waals surface area contributed by atoms with Crippen molar-refractivity contribution >= 4 is 40.2 Å². The van der Waals surface area contributed by atoms with Crippen molar-refractivity contribution in [2.75, 3.05) is 24.5 Å². The number of benzene rings is 1. The number of likely N-dealkylation sites (tertiary alicyclic amines) is 1. The lowest BCUT2D eigenvalue weighted by molar-refractivity contribution is -0.158. The molecule has 1 N–H and O–H groups in total. The van der Waals surface area contributed by atoms with Crippen molar-refractivity contribution < 1.29 is 41.6 Å². The zero-order valence-electron chi connectivity index (χ0n) is 20.0. The van der Waals surface area contributed by atoms with Crippen molar-refractivity contribution in [3.63, 3.8) is 0 Å². The Morgan fingerprint density at radius 3 is 2.68 bits per heavy atom. The lowest BCUT2D eigenvalue weighted by Crippen LogP contribution is -2.72. The Balaban J connectivity index is 1.52. The molecule has 4 aliphatic rings. The number of nitrogens with zero attached hydrogens (tertiary/aromatic N) is 3. The van der Waals surface area contributed by atoms with Crippen molar-refractivity contribution in [2.45, 2.75) is 57.3 Å². The SMILES string of the molecule is C[C@@H]1CN2c3c(cc4c(C(=O)N5CCC(F)(F)C5)noc4c3F)CC3(C(=O)CC(=O)NC3=O)[C@H]2[C@H](C)O1. The van der Waals surface area contributed by atoms with Crippen LogP contribution in [0.2, 0.25) is 0 Å². The van der Waals surface area contributed by atoms with Crippen LogP contribution in [0, 0.1) is 11.2 Å². The van der Waals surface area contributed by atoms with Crippen molar-refractivity contribution in [1.82, 2.24) is 15.4 Å². The zero-order valence-corrected chi connectivity index (χ0v) is 20.0. The fourth-order valence-electron chi connectivity index (χ4n) is 6.36. The number of carbonyl (C=O) groups is 4. The molecule has 3 fully saturated rings. The van der Waals surface area contributed by atoms with E-state index in [0.717, 1.165) is 4.90 Å². The molecule has 1 aromatic carbocycles. The molecule has 37 heavy (non-hydrogen) atoms. The van der Waals surface area contributed by atoms with Gasteiger partial charge in [-0.2, -0.15) is 0 Å². The third-order valence-electron chi connectivity index (χ3n) is 7.84. The summed E-state index contributed by atoms with van der Waals surface area (Å²) in [4.78, 5) is 54.2. The van der Waals surface area contributed by atoms with Gasteiger partial charge in [0.05, 0.1) is 42.3 Å². The van der Waals surface area contributed by atoms with Gasteiger partial charge in [-0.3, -0.25) is 24.5 Å². The van der Waals surface area contributed by atoms with Gasteiger partial charge in [0.25, 0.3) is 11.8 Å². The zero-order chi connectivity index (χ0) is 26.4. The summed E-state index contributed by atoms with van der Waals surface area (Å²) in [6.45, 7) is 2.62. The molecule has 1 spiro atoms. The molecule has 0 bridgehead atoms. The number of hydrogen-bond donors (Lipinski definition) is 1. The molecule has 0 radical (unpaired) electrons. The molecule has 10 nitrogen and oxygen atoms in total. The molecule has 13 heteroatoms. The summed E-state index contributed by atoms with van der Waals surface area (Å²) in [5, 5.41) is 5.92. The van der Waals surface area contributed by atoms with E-state index in [1.54, 1.807) is 18.7 Å². The summed E-state index contributed by atoms with van der Waals surface area (Å²) in [7, 11) is 0. The molecule has 5 heterocycles. The number of imide groups is 1. The number of Topliss-reactive ketones (excluding diaryl/α,β-unsaturated/α-hetero) is 1. The second-order valence-corrected chi connectivity index (χ2v) is 10.3. The number of rotatable bonds is 1. The largest absolute Gasteiger partial charge is 0.372 e. The summed E-state index contributed by atoms with van der Waals surface area (Å²) in [5.41, 5.74) is -2.07. The summed E-state index contributed by atoms with van der Waals surface area (Å²) < 4.78 is 54.6. The average Bonchev–Trinajstić information content (AvgIpc) is 3.39. The lowest BCUT2D eigenvalue weighted by atomic mass is 9.63. The maximum atomic E-state index is 16.1. The molecule has 4 aliphatic heterocycles. The smallest absolute Gasteiger partial charge is 0.276 e. The molecular formula is C24H23F3N4O6. The fourth-order valence-corrected chi connectivity index (χ4v) is 6.36. The topological polar surface area (TPSA) is 122 Å². The Kier molecular flexibility index (Phi) is 5.01. The van der Waals surface area contributed by atoms with Crippen LogP contribution in [0.25, 0.3) is 11.0 Å². The van der Waals surface area contributed by atoms with E-state index in [-0.39, 0.29) is 53.5 Å². The third-order valence-corrected chi connectivity index (χ3v) is 7.84. The van der Waals surface area contributed by atoms with Crippen LogP contribution in [-0.4, -0.2) is 77.4 Å². The number of anilines is 1. The highest BCUT2D eigenvalue weighted by Gasteiger charge is 2.62. The Hall–Kier alpha value is -3.48. The first-order valence-electron chi connectivity index (χ1n) is 12.0. The summed E-state index contributed by atoms with van der Waals surface area (Å²) in [6, 6.07) is 0.519. The van der Waals surface area contributed by atoms with Crippen LogP contribution in [0.5, 0.6) is 0 Å². The number of halogens is 3. The molecule has 3 saturated heterocycles. The predicted molar refractivity (Wildman–Crippen MR) is 119 cm³/mol. The van der Waals surface area contributed by atoms with Crippen LogP contribution >= 0.6 is 0 Å². The van der Waals surface area contributed by atoms with Crippen LogP contribution in [0.15, 0.2) is 10.6 Å². The molecule has 2 aromatic rings. The predicted octanol–water partition coefficient (Wildman–Crippen LogP) is 1.59. The average molecular weight is 520 g/mol. The normalized spacial score (nSPS) is 31.1. The van der Waals surface area contributed by atoms with E-state index in [1.807, 2.05) is 0 Å². The summed E-state index contributed by atoms with van der Waals surface area (Å²) in [5.74, 6) is -6.81. The van der Waals surface area contributed by atoms with E-state index < -0.39 is 72.2 Å². The summed E-state index contributed by atoms with van der Waals surface area (Å²) >= 11 is 0. The molecule has 196 valence electrons. The second kappa shape index (κ2) is 7.76. The Bertz CT molecular complexity index is 1370. The van der Waals surface area contributed by atoms with Crippen molar-refractivity contribution in [1.29, 1.82) is 0 Å². The first kappa shape index (κ1) is 23.9. The van der Waals surface area contributed by atoms with E-state index in [2.05, 4.69) is 10.5 Å². The first-order chi connectivity index (χ1) is 17.4. The highest BCUT2D eigenvalue weighted by Crippen LogP contribution is 2.50. The van der Waals surface area contributed by atoms with E-state index >= 15 is 4.39 Å². The van der Waals surface area contributed by atoms with Gasteiger partial charge in [-0.1, -0.05) is 5.16 Å². The van der Waals surface area contributed by atoms with Crippen LogP contribution in [0.3, 0.4) is 0 Å². The maximum absolute atomic E-state index is 16.1. The number of hydrogen-bond acceptors (Lipinski definition) is 8. The van der Waals surface area contributed by atoms with Crippen LogP contribution in [0.4, 0.5) is 18.9 Å². The number of amides is 3. The number of alkyl halides is 2. The van der Waals surface area contributed by atoms with Crippen molar-refractivity contribution in [2.24, 2.45) is 5.41 Å². The number of ketones is 1. The lowest BCUT2D eigenvalue weighted by Gasteiger charge is -2.55. The molecule has 1 aromatic heterocycles. The van der Waals surface area contributed by atoms with E-state index in [0.29, 0.717) is 0 Å². The number of nitrogens with one attached hydrogen (secondary N) is 1. The Morgan fingerprint density at radius 2 is 2.00 bits per heavy atom. The first-order valence-corrected chi connectivity index (χ1v) is 12.0. The standard InChI is InChI=1S/C24H23F3N4O6/c1-10-8-31-18-12(7-24(20(31)11(2)36-10)14(32)6-15(33)28-22(24)35)5-13-17(29-37-19(13)16(18)25)21(34)30-4-3-23(26,27)9-30/h5,10-11,20H,3-4,6-9H2,1-2H3,(H,28,33,35)/t10-,11+,20-,24?/m1/s1. The van der Waals surface area contributed by atoms with E-state index in [4.69, 9.17) is 9.26 Å². The maximum Gasteiger partial charge on any atom is 0.276 e. The van der Waals surface area contributed by atoms with Gasteiger partial charge >= 0.3 is 0 Å². The van der Waals surface area contributed by atoms with Crippen LogP contribution < -0.4 is 10.2 Å². The van der Waals surface area contributed by atoms with Gasteiger partial charge in [0.1, 0.15) is 5.41 Å². The van der Waals surface area contributed by atoms with Gasteiger partial charge in [-0.25, -0.2) is 13.2 Å². The second-order valence-electron chi connectivity index (χ2n) is 10.3. The Labute approximate surface area is 208 Å². The molecule has 4 atom stereocenters. The molecule has 0 aliphatic carbocycles. The van der Waals surface area contributed by atoms with Gasteiger partial charge in [0, 0.05) is 19.5 Å². The molecule has 6 rings (SSSR count). The molecule has 0 saturated carbocycles. The highest BCUT2D eigenvalue weighted by molar-refractivity contribution is 6.22. The van der Waals surface area contributed by atoms with Crippen molar-refractivity contribution in [3.8, 4) is 0 Å². The van der Waals surface area contributed by atoms with Crippen LogP contribution in [-0.2, 0) is 25.5 Å². The van der Waals surface area contributed by atoms with Gasteiger partial charge in [-0.05, 0) is 31.9 Å². The third kappa shape index (κ3) is 3.32. The fraction of sp³-hybridized carbons (Fsp3) is 0.542. The number of morpholine rings is 1. The van der Waals surface area contributed by atoms with Crippen molar-refractivity contribution in [3.05, 3.63) is 23.1 Å². The van der Waals surface area contributed by atoms with E-state index in [1.165, 1.54) is 6.07 Å². The number of piperidine rings is 1. The minimum absolute atomic E-state index is 0.0424. The monoisotopic (exact) mass is 520 g/mol. The molecule has 3 amide bonds.